The molecule has 1 N–H and O–H groups in total. The first-order valence-corrected chi connectivity index (χ1v) is 6.57. The van der Waals surface area contributed by atoms with Gasteiger partial charge in [-0.2, -0.15) is 0 Å². The molecule has 0 saturated carbocycles. The van der Waals surface area contributed by atoms with E-state index in [-0.39, 0.29) is 0 Å². The van der Waals surface area contributed by atoms with Crippen LogP contribution >= 0.6 is 11.6 Å². The Balaban J connectivity index is 1.96. The molecule has 19 heavy (non-hydrogen) atoms. The molecule has 0 spiro atoms. The maximum atomic E-state index is 6.16. The molecule has 0 amide bonds. The monoisotopic (exact) mass is 277 g/mol. The Labute approximate surface area is 117 Å². The molecule has 1 aromatic carbocycles. The fraction of sp³-hybridized carbons (Fsp3) is 0.286. The molecule has 1 aromatic heterocycles. The van der Waals surface area contributed by atoms with Crippen molar-refractivity contribution in [3.05, 3.63) is 47.5 Å². The van der Waals surface area contributed by atoms with Gasteiger partial charge >= 0.3 is 0 Å². The summed E-state index contributed by atoms with van der Waals surface area (Å²) < 4.78 is 5.52. The Morgan fingerprint density at radius 2 is 2.05 bits per heavy atom. The van der Waals surface area contributed by atoms with Crippen molar-refractivity contribution >= 4 is 17.3 Å². The lowest BCUT2D eigenvalue weighted by Crippen LogP contribution is -2.01. The lowest BCUT2D eigenvalue weighted by molar-refractivity contribution is 0.317. The summed E-state index contributed by atoms with van der Waals surface area (Å²) in [6, 6.07) is 5.68. The van der Waals surface area contributed by atoms with Gasteiger partial charge in [0.2, 0.25) is 0 Å². The molecule has 0 unspecified atom stereocenters. The van der Waals surface area contributed by atoms with Gasteiger partial charge in [-0.15, -0.1) is 0 Å². The normalized spacial score (nSPS) is 10.2. The molecule has 0 radical (unpaired) electrons. The summed E-state index contributed by atoms with van der Waals surface area (Å²) in [4.78, 5) is 7.93. The van der Waals surface area contributed by atoms with Gasteiger partial charge in [0.25, 0.3) is 0 Å². The summed E-state index contributed by atoms with van der Waals surface area (Å²) in [5.74, 6) is 0.720. The second kappa shape index (κ2) is 6.95. The highest BCUT2D eigenvalue weighted by atomic mass is 35.5. The molecular weight excluding hydrogens is 262 g/mol. The van der Waals surface area contributed by atoms with Crippen LogP contribution in [0.15, 0.2) is 36.9 Å². The highest BCUT2D eigenvalue weighted by molar-refractivity contribution is 6.32. The molecule has 0 bridgehead atoms. The van der Waals surface area contributed by atoms with Crippen LogP contribution in [0.1, 0.15) is 18.9 Å². The predicted molar refractivity (Wildman–Crippen MR) is 76.6 cm³/mol. The maximum absolute atomic E-state index is 6.16. The van der Waals surface area contributed by atoms with Crippen molar-refractivity contribution < 1.29 is 4.74 Å². The molecule has 0 aliphatic heterocycles. The smallest absolute Gasteiger partial charge is 0.138 e. The zero-order valence-electron chi connectivity index (χ0n) is 10.8. The van der Waals surface area contributed by atoms with Gasteiger partial charge in [0.05, 0.1) is 11.6 Å². The third kappa shape index (κ3) is 4.10. The maximum Gasteiger partial charge on any atom is 0.138 e. The van der Waals surface area contributed by atoms with E-state index in [4.69, 9.17) is 16.3 Å². The van der Waals surface area contributed by atoms with Crippen LogP contribution < -0.4 is 10.1 Å². The number of halogens is 1. The average molecular weight is 278 g/mol. The van der Waals surface area contributed by atoms with Crippen molar-refractivity contribution in [3.63, 3.8) is 0 Å². The molecule has 0 aliphatic rings. The highest BCUT2D eigenvalue weighted by Gasteiger charge is 2.03. The van der Waals surface area contributed by atoms with E-state index >= 15 is 0 Å². The van der Waals surface area contributed by atoms with Gasteiger partial charge < -0.3 is 10.1 Å². The summed E-state index contributed by atoms with van der Waals surface area (Å²) in [5, 5.41) is 3.88. The molecule has 2 rings (SSSR count). The summed E-state index contributed by atoms with van der Waals surface area (Å²) in [7, 11) is 0. The third-order valence-electron chi connectivity index (χ3n) is 2.50. The molecule has 0 atom stereocenters. The van der Waals surface area contributed by atoms with Gasteiger partial charge in [-0.3, -0.25) is 0 Å². The van der Waals surface area contributed by atoms with E-state index in [9.17, 15) is 0 Å². The molecule has 4 nitrogen and oxygen atoms in total. The predicted octanol–water partition coefficient (Wildman–Crippen LogP) is 3.53. The summed E-state index contributed by atoms with van der Waals surface area (Å²) in [6.07, 6.45) is 6.03. The second-order valence-electron chi connectivity index (χ2n) is 4.09. The molecule has 2 aromatic rings. The lowest BCUT2D eigenvalue weighted by Gasteiger charge is -2.10. The average Bonchev–Trinajstić information content (AvgIpc) is 2.45. The van der Waals surface area contributed by atoms with Crippen molar-refractivity contribution in [2.24, 2.45) is 0 Å². The van der Waals surface area contributed by atoms with E-state index < -0.39 is 0 Å². The summed E-state index contributed by atoms with van der Waals surface area (Å²) >= 11 is 6.16. The first-order chi connectivity index (χ1) is 9.29. The topological polar surface area (TPSA) is 47.0 Å². The Morgan fingerprint density at radius 3 is 2.74 bits per heavy atom. The van der Waals surface area contributed by atoms with E-state index in [1.165, 1.54) is 6.33 Å². The van der Waals surface area contributed by atoms with Crippen LogP contribution in [0.25, 0.3) is 0 Å². The van der Waals surface area contributed by atoms with Crippen LogP contribution in [0.2, 0.25) is 5.02 Å². The minimum atomic E-state index is 0.614. The van der Waals surface area contributed by atoms with E-state index in [0.717, 1.165) is 23.4 Å². The van der Waals surface area contributed by atoms with E-state index in [0.29, 0.717) is 18.2 Å². The van der Waals surface area contributed by atoms with Crippen LogP contribution in [0.5, 0.6) is 5.75 Å². The Bertz CT molecular complexity index is 519. The van der Waals surface area contributed by atoms with Crippen LogP contribution in [0.3, 0.4) is 0 Å². The number of anilines is 1. The van der Waals surface area contributed by atoms with Crippen LogP contribution in [-0.2, 0) is 6.54 Å². The van der Waals surface area contributed by atoms with E-state index in [2.05, 4.69) is 22.2 Å². The number of nitrogens with zero attached hydrogens (tertiary/aromatic N) is 2. The highest BCUT2D eigenvalue weighted by Crippen LogP contribution is 2.27. The Hall–Kier alpha value is -1.81. The number of hydrogen-bond acceptors (Lipinski definition) is 4. The molecule has 1 heterocycles. The zero-order chi connectivity index (χ0) is 13.5. The van der Waals surface area contributed by atoms with Gasteiger partial charge in [0.15, 0.2) is 0 Å². The fourth-order valence-corrected chi connectivity index (χ4v) is 1.80. The van der Waals surface area contributed by atoms with Crippen molar-refractivity contribution in [3.8, 4) is 5.75 Å². The number of nitrogens with one attached hydrogen (secondary N) is 1. The van der Waals surface area contributed by atoms with Gasteiger partial charge in [-0.05, 0) is 24.6 Å². The summed E-state index contributed by atoms with van der Waals surface area (Å²) in [5.41, 5.74) is 1.96. The van der Waals surface area contributed by atoms with Crippen molar-refractivity contribution in [2.45, 2.75) is 19.9 Å². The quantitative estimate of drug-likeness (QED) is 0.877. The third-order valence-corrected chi connectivity index (χ3v) is 2.80. The lowest BCUT2D eigenvalue weighted by atomic mass is 10.2. The SMILES string of the molecule is CCCOc1ccc(NCc2cncnc2)cc1Cl. The van der Waals surface area contributed by atoms with Crippen LogP contribution in [0, 0.1) is 0 Å². The van der Waals surface area contributed by atoms with E-state index in [1.54, 1.807) is 12.4 Å². The zero-order valence-corrected chi connectivity index (χ0v) is 11.5. The number of rotatable bonds is 6. The van der Waals surface area contributed by atoms with Gasteiger partial charge in [-0.25, -0.2) is 9.97 Å². The number of hydrogen-bond donors (Lipinski definition) is 1. The minimum absolute atomic E-state index is 0.614. The molecular formula is C14H16ClN3O. The Kier molecular flexibility index (Phi) is 4.98. The number of ether oxygens (including phenoxy) is 1. The van der Waals surface area contributed by atoms with Crippen molar-refractivity contribution in [1.82, 2.24) is 9.97 Å². The Morgan fingerprint density at radius 1 is 1.26 bits per heavy atom. The number of aromatic nitrogens is 2. The second-order valence-corrected chi connectivity index (χ2v) is 4.50. The first-order valence-electron chi connectivity index (χ1n) is 6.19. The van der Waals surface area contributed by atoms with Crippen LogP contribution in [0.4, 0.5) is 5.69 Å². The minimum Gasteiger partial charge on any atom is -0.492 e. The molecule has 0 aliphatic carbocycles. The number of benzene rings is 1. The van der Waals surface area contributed by atoms with Crippen LogP contribution in [-0.4, -0.2) is 16.6 Å². The van der Waals surface area contributed by atoms with Gasteiger partial charge in [-0.1, -0.05) is 18.5 Å². The molecule has 100 valence electrons. The first kappa shape index (κ1) is 13.6. The summed E-state index contributed by atoms with van der Waals surface area (Å²) in [6.45, 7) is 3.39. The van der Waals surface area contributed by atoms with Crippen molar-refractivity contribution in [2.75, 3.05) is 11.9 Å². The van der Waals surface area contributed by atoms with E-state index in [1.807, 2.05) is 18.2 Å². The fourth-order valence-electron chi connectivity index (χ4n) is 1.57. The van der Waals surface area contributed by atoms with Crippen molar-refractivity contribution in [1.29, 1.82) is 0 Å². The molecule has 0 saturated heterocycles. The largest absolute Gasteiger partial charge is 0.492 e. The molecule has 5 heteroatoms. The van der Waals surface area contributed by atoms with Gasteiger partial charge in [0.1, 0.15) is 12.1 Å². The molecule has 0 fully saturated rings. The standard InChI is InChI=1S/C14H16ClN3O/c1-2-5-19-14-4-3-12(6-13(14)15)18-9-11-7-16-10-17-8-11/h3-4,6-8,10,18H,2,5,9H2,1H3. The van der Waals surface area contributed by atoms with Gasteiger partial charge in [0, 0.05) is 30.2 Å².